The van der Waals surface area contributed by atoms with Gasteiger partial charge in [0.25, 0.3) is 0 Å². The topological polar surface area (TPSA) is 43.1 Å². The van der Waals surface area contributed by atoms with Crippen molar-refractivity contribution >= 4 is 43.3 Å². The first-order chi connectivity index (χ1) is 6.11. The van der Waals surface area contributed by atoms with E-state index < -0.39 is 0 Å². The first-order valence-electron chi connectivity index (χ1n) is 4.02. The quantitative estimate of drug-likeness (QED) is 0.558. The van der Waals surface area contributed by atoms with Crippen molar-refractivity contribution in [3.05, 3.63) is 32.0 Å². The van der Waals surface area contributed by atoms with Crippen molar-refractivity contribution in [2.45, 2.75) is 6.92 Å². The molecule has 0 amide bonds. The van der Waals surface area contributed by atoms with Gasteiger partial charge in [-0.1, -0.05) is 0 Å². The van der Waals surface area contributed by atoms with Crippen molar-refractivity contribution in [1.29, 1.82) is 0 Å². The van der Waals surface area contributed by atoms with Crippen molar-refractivity contribution in [2.24, 2.45) is 0 Å². The van der Waals surface area contributed by atoms with Crippen LogP contribution >= 0.6 is 0 Å². The van der Waals surface area contributed by atoms with Crippen LogP contribution in [0.2, 0.25) is 0 Å². The van der Waals surface area contributed by atoms with E-state index in [1.54, 1.807) is 0 Å². The Bertz CT molecular complexity index is 435. The number of nitrogens with two attached hydrogens (primary N) is 1. The van der Waals surface area contributed by atoms with E-state index in [-0.39, 0.29) is 5.78 Å². The molecule has 1 aromatic rings. The third-order valence-electron chi connectivity index (χ3n) is 2.28. The van der Waals surface area contributed by atoms with Crippen LogP contribution in [0, 0.1) is 6.92 Å². The molecule has 0 bridgehead atoms. The Morgan fingerprint density at radius 1 is 1.38 bits per heavy atom. The number of hydrogen-bond acceptors (Lipinski definition) is 2. The minimum atomic E-state index is 0.140. The molecule has 0 unspecified atom stereocenters. The molecule has 0 aliphatic heterocycles. The van der Waals surface area contributed by atoms with Gasteiger partial charge in [0, 0.05) is 0 Å². The summed E-state index contributed by atoms with van der Waals surface area (Å²) in [5, 5.41) is 0. The summed E-state index contributed by atoms with van der Waals surface area (Å²) >= 11 is 0.587. The van der Waals surface area contributed by atoms with E-state index in [9.17, 15) is 4.79 Å². The average Bonchev–Trinajstić information content (AvgIpc) is 2.38. The number of hydrogen-bond donors (Lipinski definition) is 1. The van der Waals surface area contributed by atoms with Gasteiger partial charge in [-0.25, -0.2) is 0 Å². The number of fused-ring (bicyclic) bond motifs is 1. The molecule has 0 aromatic heterocycles. The summed E-state index contributed by atoms with van der Waals surface area (Å²) < 4.78 is 0.941. The molecule has 0 saturated carbocycles. The van der Waals surface area contributed by atoms with Crippen molar-refractivity contribution in [3.63, 3.8) is 0 Å². The van der Waals surface area contributed by atoms with Crippen molar-refractivity contribution in [3.8, 4) is 0 Å². The maximum absolute atomic E-state index is 11.7. The first kappa shape index (κ1) is 8.93. The molecule has 1 aliphatic rings. The number of ketones is 1. The second-order valence-electron chi connectivity index (χ2n) is 3.19. The number of carbonyl (C=O) groups is 1. The van der Waals surface area contributed by atoms with Crippen LogP contribution in [0.15, 0.2) is 15.3 Å². The van der Waals surface area contributed by atoms with Gasteiger partial charge in [-0.2, -0.15) is 0 Å². The van der Waals surface area contributed by atoms with Gasteiger partial charge in [0.2, 0.25) is 0 Å². The number of aryl methyl sites for hydroxylation is 1. The normalized spacial score (nSPS) is 14.2. The molecule has 0 radical (unpaired) electrons. The molecule has 0 fully saturated rings. The Morgan fingerprint density at radius 3 is 2.69 bits per heavy atom. The number of allylic oxidation sites excluding steroid dienone is 1. The van der Waals surface area contributed by atoms with Gasteiger partial charge in [0.05, 0.1) is 0 Å². The van der Waals surface area contributed by atoms with E-state index in [4.69, 9.17) is 5.73 Å². The van der Waals surface area contributed by atoms with Crippen molar-refractivity contribution < 1.29 is 4.79 Å². The molecule has 0 saturated heterocycles. The molecule has 1 aromatic carbocycles. The number of Topliss-reactive ketones (excluding diaryl/α,β-unsaturated/α-hetero) is 1. The zero-order chi connectivity index (χ0) is 9.59. The Labute approximate surface area is 92.5 Å². The molecule has 0 spiro atoms. The second-order valence-corrected chi connectivity index (χ2v) is 5.61. The minimum absolute atomic E-state index is 0.140. The van der Waals surface area contributed by atoms with Crippen LogP contribution in [-0.2, 0) is 0 Å². The third-order valence-corrected chi connectivity index (χ3v) is 3.95. The van der Waals surface area contributed by atoms with Crippen LogP contribution in [0.5, 0.6) is 0 Å². The summed E-state index contributed by atoms with van der Waals surface area (Å²) in [7, 11) is 0. The summed E-state index contributed by atoms with van der Waals surface area (Å²) in [5.41, 5.74) is 9.25. The fraction of sp³-hybridized carbons (Fsp3) is 0.100. The molecule has 13 heavy (non-hydrogen) atoms. The predicted octanol–water partition coefficient (Wildman–Crippen LogP) is 1.28. The number of rotatable bonds is 0. The summed E-state index contributed by atoms with van der Waals surface area (Å²) in [4.78, 5) is 11.7. The van der Waals surface area contributed by atoms with Crippen LogP contribution in [0.3, 0.4) is 0 Å². The molecule has 62 valence electrons. The molecular formula is C10H8NOTl. The molecule has 0 atom stereocenters. The van der Waals surface area contributed by atoms with Gasteiger partial charge in [0.1, 0.15) is 0 Å². The van der Waals surface area contributed by atoms with Gasteiger partial charge < -0.3 is 0 Å². The van der Waals surface area contributed by atoms with E-state index in [1.807, 2.05) is 25.1 Å². The zero-order valence-electron chi connectivity index (χ0n) is 7.29. The molecule has 2 nitrogen and oxygen atoms in total. The van der Waals surface area contributed by atoms with Crippen LogP contribution in [0.25, 0.3) is 6.08 Å². The molecule has 2 N–H and O–H groups in total. The zero-order valence-corrected chi connectivity index (χ0v) is 11.8. The Morgan fingerprint density at radius 2 is 2.08 bits per heavy atom. The number of carbonyl (C=O) groups excluding carboxylic acids is 1. The Kier molecular flexibility index (Phi) is 2.02. The van der Waals surface area contributed by atoms with Gasteiger partial charge in [-0.15, -0.1) is 0 Å². The Hall–Kier alpha value is -0.648. The summed E-state index contributed by atoms with van der Waals surface area (Å²) in [6, 6.07) is 3.77. The van der Waals surface area contributed by atoms with E-state index in [0.29, 0.717) is 31.5 Å². The fourth-order valence-electron chi connectivity index (χ4n) is 1.55. The van der Waals surface area contributed by atoms with E-state index in [2.05, 4.69) is 0 Å². The van der Waals surface area contributed by atoms with Crippen LogP contribution in [-0.4, -0.2) is 31.6 Å². The van der Waals surface area contributed by atoms with Crippen molar-refractivity contribution in [2.75, 3.05) is 5.73 Å². The number of anilines is 1. The maximum atomic E-state index is 11.7. The van der Waals surface area contributed by atoms with E-state index in [0.717, 1.165) is 19.8 Å². The molecule has 2 rings (SSSR count). The molecule has 1 aliphatic carbocycles. The Balaban J connectivity index is 2.78. The monoisotopic (exact) mass is 363 g/mol. The predicted molar refractivity (Wildman–Crippen MR) is 53.7 cm³/mol. The second kappa shape index (κ2) is 2.94. The average molecular weight is 363 g/mol. The van der Waals surface area contributed by atoms with E-state index >= 15 is 0 Å². The number of nitrogen functional groups attached to an aromatic ring is 1. The fourth-order valence-corrected chi connectivity index (χ4v) is 2.75. The molecule has 3 heteroatoms. The van der Waals surface area contributed by atoms with Gasteiger partial charge >= 0.3 is 92.7 Å². The van der Waals surface area contributed by atoms with Crippen LogP contribution < -0.4 is 5.73 Å². The van der Waals surface area contributed by atoms with Crippen molar-refractivity contribution in [1.82, 2.24) is 0 Å². The molecular weight excluding hydrogens is 354 g/mol. The van der Waals surface area contributed by atoms with Gasteiger partial charge in [-0.3, -0.25) is 0 Å². The third kappa shape index (κ3) is 1.24. The van der Waals surface area contributed by atoms with Gasteiger partial charge in [-0.05, 0) is 0 Å². The SMILES string of the molecule is Cc1ccc(N)c2c1C=[C]([Tl])C2=O. The summed E-state index contributed by atoms with van der Waals surface area (Å²) in [6.45, 7) is 2.01. The number of benzene rings is 1. The summed E-state index contributed by atoms with van der Waals surface area (Å²) in [5.74, 6) is 0.140. The first-order valence-corrected chi connectivity index (χ1v) is 6.26. The van der Waals surface area contributed by atoms with E-state index in [1.165, 1.54) is 0 Å². The standard InChI is InChI=1S/C10H8NO.Tl/c1-6-2-4-8(11)10-7(6)3-5-9(10)12;/h2-4H,11H2,1H3;. The van der Waals surface area contributed by atoms with Gasteiger partial charge in [0.15, 0.2) is 0 Å². The van der Waals surface area contributed by atoms with Crippen LogP contribution in [0.1, 0.15) is 21.5 Å². The molecule has 0 heterocycles. The van der Waals surface area contributed by atoms with Crippen LogP contribution in [0.4, 0.5) is 5.69 Å². The summed E-state index contributed by atoms with van der Waals surface area (Å²) in [6.07, 6.45) is 1.98.